The van der Waals surface area contributed by atoms with E-state index in [-0.39, 0.29) is 5.54 Å². The van der Waals surface area contributed by atoms with Crippen molar-refractivity contribution in [3.63, 3.8) is 0 Å². The molecule has 3 rings (SSSR count). The molecule has 21 heavy (non-hydrogen) atoms. The molecule has 1 fully saturated rings. The summed E-state index contributed by atoms with van der Waals surface area (Å²) in [7, 11) is 1.72. The molecule has 3 nitrogen and oxygen atoms in total. The van der Waals surface area contributed by atoms with Gasteiger partial charge in [-0.15, -0.1) is 0 Å². The molecule has 0 bridgehead atoms. The summed E-state index contributed by atoms with van der Waals surface area (Å²) in [6.07, 6.45) is 2.14. The maximum atomic E-state index is 5.46. The highest BCUT2D eigenvalue weighted by molar-refractivity contribution is 5.91. The van der Waals surface area contributed by atoms with Crippen LogP contribution < -0.4 is 10.1 Å². The lowest BCUT2D eigenvalue weighted by Crippen LogP contribution is -2.46. The van der Waals surface area contributed by atoms with Gasteiger partial charge >= 0.3 is 0 Å². The third-order valence-electron chi connectivity index (χ3n) is 4.50. The molecule has 1 aliphatic rings. The first-order valence-corrected chi connectivity index (χ1v) is 7.59. The summed E-state index contributed by atoms with van der Waals surface area (Å²) in [5, 5.41) is 6.16. The Morgan fingerprint density at radius 1 is 1.10 bits per heavy atom. The molecule has 1 aliphatic heterocycles. The number of rotatable bonds is 4. The van der Waals surface area contributed by atoms with Crippen LogP contribution in [0.25, 0.3) is 10.8 Å². The summed E-state index contributed by atoms with van der Waals surface area (Å²) < 4.78 is 10.9. The predicted molar refractivity (Wildman–Crippen MR) is 85.8 cm³/mol. The Balaban J connectivity index is 1.84. The predicted octanol–water partition coefficient (Wildman–Crippen LogP) is 3.51. The van der Waals surface area contributed by atoms with Crippen LogP contribution in [0.2, 0.25) is 0 Å². The molecule has 2 aromatic rings. The molecule has 0 saturated carbocycles. The molecule has 0 spiro atoms. The quantitative estimate of drug-likeness (QED) is 0.932. The van der Waals surface area contributed by atoms with E-state index in [0.29, 0.717) is 0 Å². The summed E-state index contributed by atoms with van der Waals surface area (Å²) >= 11 is 0. The van der Waals surface area contributed by atoms with E-state index in [0.717, 1.165) is 38.3 Å². The van der Waals surface area contributed by atoms with Crippen molar-refractivity contribution in [2.24, 2.45) is 0 Å². The Labute approximate surface area is 126 Å². The Hall–Kier alpha value is -1.58. The summed E-state index contributed by atoms with van der Waals surface area (Å²) in [4.78, 5) is 0. The molecule has 1 N–H and O–H groups in total. The van der Waals surface area contributed by atoms with Gasteiger partial charge in [-0.25, -0.2) is 0 Å². The number of hydrogen-bond donors (Lipinski definition) is 1. The van der Waals surface area contributed by atoms with Crippen LogP contribution in [0.1, 0.15) is 25.3 Å². The Bertz CT molecular complexity index is 618. The van der Waals surface area contributed by atoms with Gasteiger partial charge in [-0.2, -0.15) is 0 Å². The fourth-order valence-electron chi connectivity index (χ4n) is 2.97. The zero-order valence-corrected chi connectivity index (χ0v) is 12.8. The van der Waals surface area contributed by atoms with Crippen molar-refractivity contribution in [3.8, 4) is 5.75 Å². The lowest BCUT2D eigenvalue weighted by Gasteiger charge is -2.35. The van der Waals surface area contributed by atoms with E-state index >= 15 is 0 Å². The van der Waals surface area contributed by atoms with Crippen LogP contribution in [0.4, 0.5) is 0 Å². The number of methoxy groups -OCH3 is 1. The van der Waals surface area contributed by atoms with Crippen LogP contribution >= 0.6 is 0 Å². The zero-order chi connectivity index (χ0) is 14.7. The molecule has 1 heterocycles. The SMILES string of the molecule is COc1ccc(CNC2(C)CCOCC2)c2ccccc12. The minimum absolute atomic E-state index is 0.180. The standard InChI is InChI=1S/C18H23NO2/c1-18(9-11-21-12-10-18)19-13-14-7-8-17(20-2)16-6-4-3-5-15(14)16/h3-8,19H,9-13H2,1-2H3. The minimum atomic E-state index is 0.180. The van der Waals surface area contributed by atoms with Crippen molar-refractivity contribution >= 4 is 10.8 Å². The molecule has 0 amide bonds. The van der Waals surface area contributed by atoms with E-state index in [1.807, 2.05) is 0 Å². The average Bonchev–Trinajstić information content (AvgIpc) is 2.53. The molecule has 1 saturated heterocycles. The van der Waals surface area contributed by atoms with Crippen molar-refractivity contribution in [3.05, 3.63) is 42.0 Å². The van der Waals surface area contributed by atoms with Crippen molar-refractivity contribution < 1.29 is 9.47 Å². The van der Waals surface area contributed by atoms with Crippen LogP contribution in [0.5, 0.6) is 5.75 Å². The van der Waals surface area contributed by atoms with Gasteiger partial charge < -0.3 is 14.8 Å². The van der Waals surface area contributed by atoms with Crippen LogP contribution in [0.3, 0.4) is 0 Å². The first kappa shape index (κ1) is 14.4. The van der Waals surface area contributed by atoms with Crippen LogP contribution in [-0.4, -0.2) is 25.9 Å². The van der Waals surface area contributed by atoms with Crippen molar-refractivity contribution in [2.75, 3.05) is 20.3 Å². The summed E-state index contributed by atoms with van der Waals surface area (Å²) in [5.74, 6) is 0.937. The number of hydrogen-bond acceptors (Lipinski definition) is 3. The van der Waals surface area contributed by atoms with Crippen molar-refractivity contribution in [1.29, 1.82) is 0 Å². The first-order chi connectivity index (χ1) is 10.2. The van der Waals surface area contributed by atoms with Crippen LogP contribution in [0, 0.1) is 0 Å². The Morgan fingerprint density at radius 3 is 2.52 bits per heavy atom. The second-order valence-corrected chi connectivity index (χ2v) is 6.00. The van der Waals surface area contributed by atoms with Gasteiger partial charge in [0, 0.05) is 30.7 Å². The highest BCUT2D eigenvalue weighted by Gasteiger charge is 2.26. The van der Waals surface area contributed by atoms with E-state index < -0.39 is 0 Å². The molecular formula is C18H23NO2. The highest BCUT2D eigenvalue weighted by Crippen LogP contribution is 2.29. The van der Waals surface area contributed by atoms with Crippen molar-refractivity contribution in [1.82, 2.24) is 5.32 Å². The highest BCUT2D eigenvalue weighted by atomic mass is 16.5. The van der Waals surface area contributed by atoms with Gasteiger partial charge in [0.2, 0.25) is 0 Å². The molecule has 112 valence electrons. The lowest BCUT2D eigenvalue weighted by atomic mass is 9.92. The van der Waals surface area contributed by atoms with Crippen molar-refractivity contribution in [2.45, 2.75) is 31.8 Å². The van der Waals surface area contributed by atoms with Gasteiger partial charge in [0.05, 0.1) is 7.11 Å². The molecule has 2 aromatic carbocycles. The van der Waals surface area contributed by atoms with Crippen LogP contribution in [0.15, 0.2) is 36.4 Å². The number of ether oxygens (including phenoxy) is 2. The third kappa shape index (κ3) is 3.04. The maximum Gasteiger partial charge on any atom is 0.126 e. The number of nitrogens with one attached hydrogen (secondary N) is 1. The molecule has 0 atom stereocenters. The summed E-state index contributed by atoms with van der Waals surface area (Å²) in [5.41, 5.74) is 1.50. The van der Waals surface area contributed by atoms with E-state index in [1.165, 1.54) is 16.3 Å². The molecule has 0 aliphatic carbocycles. The second-order valence-electron chi connectivity index (χ2n) is 6.00. The Kier molecular flexibility index (Phi) is 4.13. The largest absolute Gasteiger partial charge is 0.496 e. The van der Waals surface area contributed by atoms with Gasteiger partial charge in [-0.05, 0) is 36.8 Å². The molecule has 3 heteroatoms. The van der Waals surface area contributed by atoms with Crippen LogP contribution in [-0.2, 0) is 11.3 Å². The van der Waals surface area contributed by atoms with E-state index in [2.05, 4.69) is 48.6 Å². The van der Waals surface area contributed by atoms with Gasteiger partial charge in [-0.3, -0.25) is 0 Å². The fourth-order valence-corrected chi connectivity index (χ4v) is 2.97. The second kappa shape index (κ2) is 6.04. The first-order valence-electron chi connectivity index (χ1n) is 7.59. The van der Waals surface area contributed by atoms with E-state index in [1.54, 1.807) is 7.11 Å². The van der Waals surface area contributed by atoms with E-state index in [4.69, 9.17) is 9.47 Å². The summed E-state index contributed by atoms with van der Waals surface area (Å²) in [6.45, 7) is 4.88. The molecule has 0 radical (unpaired) electrons. The smallest absolute Gasteiger partial charge is 0.126 e. The summed E-state index contributed by atoms with van der Waals surface area (Å²) in [6, 6.07) is 12.7. The normalized spacial score (nSPS) is 17.8. The number of benzene rings is 2. The lowest BCUT2D eigenvalue weighted by molar-refractivity contribution is 0.0446. The fraction of sp³-hybridized carbons (Fsp3) is 0.444. The molecule has 0 aromatic heterocycles. The van der Waals surface area contributed by atoms with Gasteiger partial charge in [0.1, 0.15) is 5.75 Å². The average molecular weight is 285 g/mol. The zero-order valence-electron chi connectivity index (χ0n) is 12.8. The number of fused-ring (bicyclic) bond motifs is 1. The van der Waals surface area contributed by atoms with Gasteiger partial charge in [0.15, 0.2) is 0 Å². The Morgan fingerprint density at radius 2 is 1.81 bits per heavy atom. The topological polar surface area (TPSA) is 30.5 Å². The molecule has 0 unspecified atom stereocenters. The molecular weight excluding hydrogens is 262 g/mol. The monoisotopic (exact) mass is 285 g/mol. The maximum absolute atomic E-state index is 5.46. The van der Waals surface area contributed by atoms with Gasteiger partial charge in [-0.1, -0.05) is 30.3 Å². The minimum Gasteiger partial charge on any atom is -0.496 e. The van der Waals surface area contributed by atoms with E-state index in [9.17, 15) is 0 Å². The third-order valence-corrected chi connectivity index (χ3v) is 4.50. The van der Waals surface area contributed by atoms with Gasteiger partial charge in [0.25, 0.3) is 0 Å².